The van der Waals surface area contributed by atoms with Crippen LogP contribution in [0.5, 0.6) is 5.75 Å². The van der Waals surface area contributed by atoms with Crippen LogP contribution in [-0.2, 0) is 0 Å². The van der Waals surface area contributed by atoms with Crippen LogP contribution in [0.3, 0.4) is 0 Å². The fourth-order valence-electron chi connectivity index (χ4n) is 1.58. The lowest BCUT2D eigenvalue weighted by Crippen LogP contribution is -2.28. The van der Waals surface area contributed by atoms with Gasteiger partial charge in [0.05, 0.1) is 18.7 Å². The van der Waals surface area contributed by atoms with Crippen molar-refractivity contribution in [3.63, 3.8) is 0 Å². The predicted molar refractivity (Wildman–Crippen MR) is 73.7 cm³/mol. The van der Waals surface area contributed by atoms with Crippen LogP contribution in [0.1, 0.15) is 29.1 Å². The fourth-order valence-corrected chi connectivity index (χ4v) is 2.00. The van der Waals surface area contributed by atoms with Crippen LogP contribution in [0.25, 0.3) is 0 Å². The largest absolute Gasteiger partial charge is 0.497 e. The molecule has 1 aromatic heterocycles. The van der Waals surface area contributed by atoms with E-state index in [-0.39, 0.29) is 11.7 Å². The molecule has 1 heterocycles. The van der Waals surface area contributed by atoms with Crippen LogP contribution >= 0.6 is 15.9 Å². The zero-order chi connectivity index (χ0) is 14.7. The van der Waals surface area contributed by atoms with Gasteiger partial charge in [-0.1, -0.05) is 5.16 Å². The van der Waals surface area contributed by atoms with Crippen molar-refractivity contribution >= 4 is 21.8 Å². The molecule has 1 aromatic carbocycles. The number of H-pyrrole nitrogens is 1. The van der Waals surface area contributed by atoms with Gasteiger partial charge in [-0.3, -0.25) is 14.3 Å². The number of methoxy groups -OCH3 is 1. The van der Waals surface area contributed by atoms with Gasteiger partial charge in [0.25, 0.3) is 5.91 Å². The molecule has 2 rings (SSSR count). The normalized spacial score (nSPS) is 11.9. The minimum atomic E-state index is -0.663. The number of hydrogen-bond acceptors (Lipinski definition) is 5. The molecular weight excluding hydrogens is 330 g/mol. The van der Waals surface area contributed by atoms with Gasteiger partial charge in [0, 0.05) is 4.47 Å². The average molecular weight is 342 g/mol. The molecule has 106 valence electrons. The van der Waals surface area contributed by atoms with Crippen molar-refractivity contribution in [2.45, 2.75) is 13.0 Å². The van der Waals surface area contributed by atoms with Crippen LogP contribution in [0, 0.1) is 0 Å². The maximum atomic E-state index is 12.2. The average Bonchev–Trinajstić information content (AvgIpc) is 2.86. The summed E-state index contributed by atoms with van der Waals surface area (Å²) < 4.78 is 10.1. The summed E-state index contributed by atoms with van der Waals surface area (Å²) in [6.07, 6.45) is 0. The summed E-state index contributed by atoms with van der Waals surface area (Å²) >= 11 is 3.30. The first-order chi connectivity index (χ1) is 9.51. The number of aromatic nitrogens is 2. The van der Waals surface area contributed by atoms with Crippen molar-refractivity contribution in [1.29, 1.82) is 0 Å². The first-order valence-electron chi connectivity index (χ1n) is 5.71. The first kappa shape index (κ1) is 14.3. The molecule has 2 aromatic rings. The van der Waals surface area contributed by atoms with Gasteiger partial charge in [-0.15, -0.1) is 0 Å². The minimum Gasteiger partial charge on any atom is -0.497 e. The second kappa shape index (κ2) is 5.91. The Morgan fingerprint density at radius 2 is 2.30 bits per heavy atom. The molecule has 0 aliphatic heterocycles. The summed E-state index contributed by atoms with van der Waals surface area (Å²) in [7, 11) is 1.52. The van der Waals surface area contributed by atoms with Crippen molar-refractivity contribution in [1.82, 2.24) is 15.5 Å². The second-order valence-electron chi connectivity index (χ2n) is 4.02. The van der Waals surface area contributed by atoms with Crippen molar-refractivity contribution in [3.05, 3.63) is 44.6 Å². The smallest absolute Gasteiger partial charge is 0.438 e. The number of halogens is 1. The molecule has 0 fully saturated rings. The number of nitrogens with one attached hydrogen (secondary N) is 2. The molecule has 2 N–H and O–H groups in total. The molecule has 1 atom stereocenters. The van der Waals surface area contributed by atoms with E-state index in [1.54, 1.807) is 25.1 Å². The number of ether oxygens (including phenoxy) is 1. The summed E-state index contributed by atoms with van der Waals surface area (Å²) in [5.41, 5.74) is 0.419. The van der Waals surface area contributed by atoms with Crippen molar-refractivity contribution in [3.8, 4) is 5.75 Å². The number of amides is 1. The topological polar surface area (TPSA) is 97.2 Å². The molecular formula is C12H12BrN3O4. The maximum absolute atomic E-state index is 12.2. The highest BCUT2D eigenvalue weighted by atomic mass is 79.9. The Labute approximate surface area is 122 Å². The van der Waals surface area contributed by atoms with Crippen LogP contribution in [-0.4, -0.2) is 23.2 Å². The third-order valence-corrected chi connectivity index (χ3v) is 3.32. The molecule has 8 heteroatoms. The molecule has 0 bridgehead atoms. The highest BCUT2D eigenvalue weighted by Gasteiger charge is 2.17. The Kier molecular flexibility index (Phi) is 4.23. The zero-order valence-electron chi connectivity index (χ0n) is 10.8. The highest BCUT2D eigenvalue weighted by Crippen LogP contribution is 2.23. The molecule has 1 unspecified atom stereocenters. The van der Waals surface area contributed by atoms with E-state index in [1.807, 2.05) is 0 Å². The molecule has 1 amide bonds. The molecule has 0 spiro atoms. The summed E-state index contributed by atoms with van der Waals surface area (Å²) in [5.74, 6) is -0.168. The van der Waals surface area contributed by atoms with E-state index in [1.165, 1.54) is 7.11 Å². The Morgan fingerprint density at radius 1 is 1.55 bits per heavy atom. The third-order valence-electron chi connectivity index (χ3n) is 2.63. The van der Waals surface area contributed by atoms with Crippen molar-refractivity contribution in [2.75, 3.05) is 7.11 Å². The fraction of sp³-hybridized carbons (Fsp3) is 0.250. The monoisotopic (exact) mass is 341 g/mol. The molecule has 20 heavy (non-hydrogen) atoms. The molecule has 0 aliphatic rings. The van der Waals surface area contributed by atoms with Gasteiger partial charge in [0.1, 0.15) is 5.75 Å². The van der Waals surface area contributed by atoms with Crippen LogP contribution in [0.4, 0.5) is 0 Å². The molecule has 0 radical (unpaired) electrons. The van der Waals surface area contributed by atoms with Gasteiger partial charge in [0.2, 0.25) is 0 Å². The van der Waals surface area contributed by atoms with Gasteiger partial charge in [0.15, 0.2) is 5.82 Å². The lowest BCUT2D eigenvalue weighted by Gasteiger charge is -2.12. The number of hydrogen-bond donors (Lipinski definition) is 2. The van der Waals surface area contributed by atoms with Gasteiger partial charge < -0.3 is 10.1 Å². The first-order valence-corrected chi connectivity index (χ1v) is 6.51. The zero-order valence-corrected chi connectivity index (χ0v) is 12.4. The highest BCUT2D eigenvalue weighted by molar-refractivity contribution is 9.10. The molecule has 0 aliphatic carbocycles. The number of carbonyl (C=O) groups excluding carboxylic acids is 1. The predicted octanol–water partition coefficient (Wildman–Crippen LogP) is 1.62. The Morgan fingerprint density at radius 3 is 2.90 bits per heavy atom. The number of nitrogens with zero attached hydrogens (tertiary/aromatic N) is 1. The summed E-state index contributed by atoms with van der Waals surface area (Å²) in [6, 6.07) is 4.57. The van der Waals surface area contributed by atoms with E-state index in [4.69, 9.17) is 4.74 Å². The number of rotatable bonds is 4. The third kappa shape index (κ3) is 3.08. The Hall–Kier alpha value is -2.09. The van der Waals surface area contributed by atoms with Crippen molar-refractivity contribution in [2.24, 2.45) is 0 Å². The number of benzene rings is 1. The van der Waals surface area contributed by atoms with Crippen LogP contribution in [0.15, 0.2) is 32.0 Å². The van der Waals surface area contributed by atoms with Gasteiger partial charge in [-0.2, -0.15) is 0 Å². The standard InChI is InChI=1S/C12H12BrN3O4/c1-6(10-15-12(18)20-16-10)14-11(17)8-5-7(19-2)3-4-9(8)13/h3-6H,1-2H3,(H,14,17)(H,15,16,18). The Bertz CT molecular complexity index is 679. The number of aromatic amines is 1. The maximum Gasteiger partial charge on any atom is 0.438 e. The van der Waals surface area contributed by atoms with E-state index >= 15 is 0 Å². The Balaban J connectivity index is 2.17. The summed E-state index contributed by atoms with van der Waals surface area (Å²) in [6.45, 7) is 1.68. The van der Waals surface area contributed by atoms with Crippen LogP contribution in [0.2, 0.25) is 0 Å². The van der Waals surface area contributed by atoms with E-state index < -0.39 is 11.8 Å². The van der Waals surface area contributed by atoms with Gasteiger partial charge in [-0.05, 0) is 41.1 Å². The lowest BCUT2D eigenvalue weighted by molar-refractivity contribution is 0.0936. The van der Waals surface area contributed by atoms with E-state index in [2.05, 4.69) is 35.9 Å². The van der Waals surface area contributed by atoms with E-state index in [0.717, 1.165) is 0 Å². The van der Waals surface area contributed by atoms with Crippen molar-refractivity contribution < 1.29 is 14.1 Å². The van der Waals surface area contributed by atoms with E-state index in [0.29, 0.717) is 15.8 Å². The molecule has 0 saturated heterocycles. The summed E-state index contributed by atoms with van der Waals surface area (Å²) in [4.78, 5) is 25.4. The van der Waals surface area contributed by atoms with Crippen LogP contribution < -0.4 is 15.8 Å². The second-order valence-corrected chi connectivity index (χ2v) is 4.88. The van der Waals surface area contributed by atoms with Gasteiger partial charge >= 0.3 is 5.76 Å². The van der Waals surface area contributed by atoms with Gasteiger partial charge in [-0.25, -0.2) is 4.79 Å². The molecule has 7 nitrogen and oxygen atoms in total. The summed E-state index contributed by atoms with van der Waals surface area (Å²) in [5, 5.41) is 6.23. The molecule has 0 saturated carbocycles. The quantitative estimate of drug-likeness (QED) is 0.880. The lowest BCUT2D eigenvalue weighted by atomic mass is 10.2. The SMILES string of the molecule is COc1ccc(Br)c(C(=O)NC(C)c2noc(=O)[nH]2)c1. The number of carbonyl (C=O) groups is 1. The minimum absolute atomic E-state index is 0.252. The van der Waals surface area contributed by atoms with E-state index in [9.17, 15) is 9.59 Å².